The highest BCUT2D eigenvalue weighted by Crippen LogP contribution is 2.38. The van der Waals surface area contributed by atoms with E-state index in [-0.39, 0.29) is 31.0 Å². The van der Waals surface area contributed by atoms with E-state index in [1.165, 1.54) is 9.48 Å². The van der Waals surface area contributed by atoms with Crippen LogP contribution in [0.5, 0.6) is 5.75 Å². The fourth-order valence-electron chi connectivity index (χ4n) is 6.34. The summed E-state index contributed by atoms with van der Waals surface area (Å²) in [7, 11) is 0. The average Bonchev–Trinajstić information content (AvgIpc) is 3.92. The van der Waals surface area contributed by atoms with Gasteiger partial charge in [0.1, 0.15) is 31.3 Å². The molecule has 0 radical (unpaired) electrons. The molecule has 49 heavy (non-hydrogen) atoms. The number of nitrogens with zero attached hydrogens (tertiary/aromatic N) is 9. The van der Waals surface area contributed by atoms with Gasteiger partial charge in [-0.15, -0.1) is 0 Å². The first-order chi connectivity index (χ1) is 24.0. The van der Waals surface area contributed by atoms with Crippen LogP contribution in [0.4, 0.5) is 11.4 Å². The van der Waals surface area contributed by atoms with Crippen LogP contribution in [-0.2, 0) is 21.8 Å². The van der Waals surface area contributed by atoms with Crippen LogP contribution in [0.3, 0.4) is 0 Å². The Morgan fingerprint density at radius 1 is 0.918 bits per heavy atom. The van der Waals surface area contributed by atoms with Gasteiger partial charge in [-0.3, -0.25) is 0 Å². The monoisotopic (exact) mass is 661 g/mol. The van der Waals surface area contributed by atoms with Gasteiger partial charge in [-0.05, 0) is 67.9 Å². The molecule has 2 saturated heterocycles. The molecule has 0 saturated carbocycles. The molecule has 2 aliphatic heterocycles. The van der Waals surface area contributed by atoms with Crippen molar-refractivity contribution in [2.45, 2.75) is 44.7 Å². The number of aromatic nitrogens is 6. The van der Waals surface area contributed by atoms with Gasteiger partial charge in [0, 0.05) is 43.1 Å². The SMILES string of the molecule is CCC(C)n1ncn(-c2ccc(N3CCN(c4ccc(OC[C@@H]5CO[C@@](Cn6nccn6)(c6ccccc6C#N)O5)cc4)CC3)cc2)c1=O. The van der Waals surface area contributed by atoms with Gasteiger partial charge in [-0.25, -0.2) is 14.0 Å². The third-order valence-corrected chi connectivity index (χ3v) is 9.25. The Morgan fingerprint density at radius 3 is 2.20 bits per heavy atom. The summed E-state index contributed by atoms with van der Waals surface area (Å²) in [6, 6.07) is 25.8. The van der Waals surface area contributed by atoms with Crippen molar-refractivity contribution in [1.29, 1.82) is 5.26 Å². The smallest absolute Gasteiger partial charge is 0.350 e. The summed E-state index contributed by atoms with van der Waals surface area (Å²) in [5.41, 5.74) is 4.08. The van der Waals surface area contributed by atoms with Gasteiger partial charge in [-0.2, -0.15) is 25.4 Å². The molecule has 0 bridgehead atoms. The molecule has 5 aromatic rings. The molecule has 13 nitrogen and oxygen atoms in total. The maximum absolute atomic E-state index is 12.8. The number of rotatable bonds is 11. The molecule has 3 aromatic carbocycles. The Bertz CT molecular complexity index is 1940. The van der Waals surface area contributed by atoms with Crippen molar-refractivity contribution in [3.8, 4) is 17.5 Å². The summed E-state index contributed by atoms with van der Waals surface area (Å²) in [5, 5.41) is 22.5. The fraction of sp³-hybridized carbons (Fsp3) is 0.361. The summed E-state index contributed by atoms with van der Waals surface area (Å²) in [6.45, 7) is 8.36. The van der Waals surface area contributed by atoms with E-state index >= 15 is 0 Å². The molecule has 252 valence electrons. The van der Waals surface area contributed by atoms with Crippen LogP contribution in [0.1, 0.15) is 37.4 Å². The van der Waals surface area contributed by atoms with Gasteiger partial charge in [0.25, 0.3) is 0 Å². The second-order valence-corrected chi connectivity index (χ2v) is 12.3. The Hall–Kier alpha value is -5.45. The zero-order valence-corrected chi connectivity index (χ0v) is 27.6. The summed E-state index contributed by atoms with van der Waals surface area (Å²) in [5.74, 6) is -0.465. The molecule has 1 unspecified atom stereocenters. The van der Waals surface area contributed by atoms with E-state index in [1.807, 2.05) is 56.3 Å². The lowest BCUT2D eigenvalue weighted by Crippen LogP contribution is -2.46. The molecule has 13 heteroatoms. The molecule has 0 aliphatic carbocycles. The Kier molecular flexibility index (Phi) is 9.15. The van der Waals surface area contributed by atoms with Crippen molar-refractivity contribution in [2.75, 3.05) is 49.2 Å². The first kappa shape index (κ1) is 32.1. The molecular weight excluding hydrogens is 622 g/mol. The molecule has 3 atom stereocenters. The first-order valence-corrected chi connectivity index (χ1v) is 16.6. The number of anilines is 2. The van der Waals surface area contributed by atoms with Crippen molar-refractivity contribution < 1.29 is 14.2 Å². The van der Waals surface area contributed by atoms with Gasteiger partial charge < -0.3 is 24.0 Å². The number of hydrogen-bond donors (Lipinski definition) is 0. The lowest BCUT2D eigenvalue weighted by Gasteiger charge is -2.37. The van der Waals surface area contributed by atoms with Crippen LogP contribution in [0.2, 0.25) is 0 Å². The summed E-state index contributed by atoms with van der Waals surface area (Å²) in [4.78, 5) is 19.0. The van der Waals surface area contributed by atoms with Gasteiger partial charge in [0.2, 0.25) is 5.79 Å². The minimum atomic E-state index is -1.20. The van der Waals surface area contributed by atoms with Crippen LogP contribution >= 0.6 is 0 Å². The maximum atomic E-state index is 12.8. The van der Waals surface area contributed by atoms with E-state index < -0.39 is 5.79 Å². The van der Waals surface area contributed by atoms with Crippen LogP contribution < -0.4 is 20.2 Å². The van der Waals surface area contributed by atoms with Crippen molar-refractivity contribution in [3.63, 3.8) is 0 Å². The largest absolute Gasteiger partial charge is 0.491 e. The topological polar surface area (TPSA) is 128 Å². The zero-order valence-electron chi connectivity index (χ0n) is 27.6. The van der Waals surface area contributed by atoms with Crippen molar-refractivity contribution in [1.82, 2.24) is 29.3 Å². The highest BCUT2D eigenvalue weighted by atomic mass is 16.8. The van der Waals surface area contributed by atoms with Crippen LogP contribution in [-0.4, -0.2) is 74.8 Å². The normalized spacial score (nSPS) is 19.9. The molecule has 0 spiro atoms. The van der Waals surface area contributed by atoms with E-state index in [0.717, 1.165) is 55.4 Å². The lowest BCUT2D eigenvalue weighted by molar-refractivity contribution is -0.192. The maximum Gasteiger partial charge on any atom is 0.350 e. The molecule has 0 N–H and O–H groups in total. The highest BCUT2D eigenvalue weighted by Gasteiger charge is 2.46. The predicted octanol–water partition coefficient (Wildman–Crippen LogP) is 4.14. The molecule has 2 fully saturated rings. The average molecular weight is 662 g/mol. The van der Waals surface area contributed by atoms with E-state index in [4.69, 9.17) is 14.2 Å². The fourth-order valence-corrected chi connectivity index (χ4v) is 6.34. The number of hydrogen-bond acceptors (Lipinski definition) is 10. The quantitative estimate of drug-likeness (QED) is 0.204. The second kappa shape index (κ2) is 14.0. The molecule has 7 rings (SSSR count). The van der Waals surface area contributed by atoms with Crippen molar-refractivity contribution >= 4 is 11.4 Å². The van der Waals surface area contributed by atoms with E-state index in [9.17, 15) is 10.1 Å². The highest BCUT2D eigenvalue weighted by molar-refractivity contribution is 5.54. The Morgan fingerprint density at radius 2 is 1.55 bits per heavy atom. The zero-order chi connectivity index (χ0) is 33.8. The van der Waals surface area contributed by atoms with E-state index in [2.05, 4.69) is 55.4 Å². The van der Waals surface area contributed by atoms with E-state index in [1.54, 1.807) is 29.4 Å². The first-order valence-electron chi connectivity index (χ1n) is 16.6. The Labute approximate surface area is 284 Å². The number of piperazine rings is 1. The van der Waals surface area contributed by atoms with E-state index in [0.29, 0.717) is 17.7 Å². The standard InChI is InChI=1S/C36H39N9O4/c1-3-27(2)45-35(46)43(26-40-45)31-10-8-29(9-11-31)41-18-20-42(21-19-41)30-12-14-32(15-13-30)47-23-33-24-48-36(49-33,25-44-38-16-17-39-44)34-7-5-4-6-28(34)22-37/h4-17,26-27,33H,3,18-21,23-25H2,1-2H3/t27?,33-,36-/m1/s1. The van der Waals surface area contributed by atoms with Gasteiger partial charge in [-0.1, -0.05) is 25.1 Å². The molecular formula is C36H39N9O4. The van der Waals surface area contributed by atoms with Gasteiger partial charge >= 0.3 is 5.69 Å². The van der Waals surface area contributed by atoms with Gasteiger partial charge in [0.05, 0.1) is 42.4 Å². The minimum absolute atomic E-state index is 0.0632. The van der Waals surface area contributed by atoms with Crippen molar-refractivity contribution in [3.05, 3.63) is 113 Å². The number of ether oxygens (including phenoxy) is 3. The van der Waals surface area contributed by atoms with Crippen LogP contribution in [0.25, 0.3) is 5.69 Å². The van der Waals surface area contributed by atoms with Crippen LogP contribution in [0.15, 0.2) is 96.3 Å². The minimum Gasteiger partial charge on any atom is -0.491 e. The molecule has 2 aliphatic rings. The molecule has 4 heterocycles. The second-order valence-electron chi connectivity index (χ2n) is 12.3. The summed E-state index contributed by atoms with van der Waals surface area (Å²) < 4.78 is 22.0. The summed E-state index contributed by atoms with van der Waals surface area (Å²) >= 11 is 0. The van der Waals surface area contributed by atoms with Crippen LogP contribution in [0, 0.1) is 11.3 Å². The third kappa shape index (κ3) is 6.65. The number of benzene rings is 3. The predicted molar refractivity (Wildman–Crippen MR) is 183 cm³/mol. The molecule has 0 amide bonds. The Balaban J connectivity index is 0.928. The number of nitriles is 1. The molecule has 2 aromatic heterocycles. The van der Waals surface area contributed by atoms with Gasteiger partial charge in [0.15, 0.2) is 0 Å². The third-order valence-electron chi connectivity index (χ3n) is 9.25. The lowest BCUT2D eigenvalue weighted by atomic mass is 10.00. The summed E-state index contributed by atoms with van der Waals surface area (Å²) in [6.07, 6.45) is 5.28. The van der Waals surface area contributed by atoms with Crippen molar-refractivity contribution in [2.24, 2.45) is 0 Å².